The summed E-state index contributed by atoms with van der Waals surface area (Å²) in [7, 11) is 0. The van der Waals surface area contributed by atoms with Crippen LogP contribution in [0.2, 0.25) is 0 Å². The average molecular weight is 286 g/mol. The Morgan fingerprint density at radius 2 is 1.85 bits per heavy atom. The molecule has 0 bridgehead atoms. The largest absolute Gasteiger partial charge is 0.416 e. The first-order valence-corrected chi connectivity index (χ1v) is 6.54. The topological polar surface area (TPSA) is 46.3 Å². The van der Waals surface area contributed by atoms with Crippen LogP contribution in [0.1, 0.15) is 35.7 Å². The molecule has 0 radical (unpaired) electrons. The van der Waals surface area contributed by atoms with Crippen LogP contribution >= 0.6 is 0 Å². The van der Waals surface area contributed by atoms with Gasteiger partial charge in [-0.2, -0.15) is 13.2 Å². The lowest BCUT2D eigenvalue weighted by molar-refractivity contribution is -0.137. The molecule has 20 heavy (non-hydrogen) atoms. The molecule has 0 atom stereocenters. The van der Waals surface area contributed by atoms with E-state index in [0.29, 0.717) is 19.0 Å². The highest BCUT2D eigenvalue weighted by molar-refractivity contribution is 5.95. The van der Waals surface area contributed by atoms with Crippen molar-refractivity contribution in [3.63, 3.8) is 0 Å². The first kappa shape index (κ1) is 14.7. The summed E-state index contributed by atoms with van der Waals surface area (Å²) in [6, 6.07) is 3.02. The molecule has 1 aromatic rings. The highest BCUT2D eigenvalue weighted by Gasteiger charge is 2.32. The minimum absolute atomic E-state index is 0.00637. The van der Waals surface area contributed by atoms with Gasteiger partial charge in [0, 0.05) is 24.3 Å². The number of halogens is 3. The van der Waals surface area contributed by atoms with E-state index < -0.39 is 11.7 Å². The Morgan fingerprint density at radius 1 is 1.25 bits per heavy atom. The number of piperidine rings is 1. The van der Waals surface area contributed by atoms with Crippen LogP contribution in [0, 0.1) is 5.92 Å². The molecule has 6 heteroatoms. The molecule has 0 aromatic heterocycles. The number of carbonyl (C=O) groups is 1. The molecule has 0 unspecified atom stereocenters. The maximum atomic E-state index is 12.7. The molecule has 1 aromatic carbocycles. The lowest BCUT2D eigenvalue weighted by Gasteiger charge is -2.30. The van der Waals surface area contributed by atoms with Gasteiger partial charge in [0.15, 0.2) is 0 Å². The summed E-state index contributed by atoms with van der Waals surface area (Å²) in [5.74, 6) is 0.167. The number of nitrogen functional groups attached to an aromatic ring is 1. The standard InChI is InChI=1S/C14H17F3N2O/c1-9-2-4-19(5-3-9)13(20)10-6-11(14(15,16)17)8-12(18)7-10/h6-9H,2-5,18H2,1H3. The van der Waals surface area contributed by atoms with Gasteiger partial charge < -0.3 is 10.6 Å². The predicted molar refractivity (Wildman–Crippen MR) is 70.2 cm³/mol. The van der Waals surface area contributed by atoms with Crippen molar-refractivity contribution in [2.45, 2.75) is 25.9 Å². The molecule has 0 saturated carbocycles. The lowest BCUT2D eigenvalue weighted by atomic mass is 9.98. The van der Waals surface area contributed by atoms with Crippen LogP contribution in [-0.2, 0) is 6.18 Å². The van der Waals surface area contributed by atoms with Crippen LogP contribution in [0.4, 0.5) is 18.9 Å². The third kappa shape index (κ3) is 3.23. The van der Waals surface area contributed by atoms with E-state index in [1.807, 2.05) is 0 Å². The molecule has 0 aliphatic carbocycles. The fourth-order valence-electron chi connectivity index (χ4n) is 2.33. The van der Waals surface area contributed by atoms with Crippen molar-refractivity contribution in [3.8, 4) is 0 Å². The van der Waals surface area contributed by atoms with Gasteiger partial charge in [0.25, 0.3) is 5.91 Å². The number of alkyl halides is 3. The third-order valence-corrected chi connectivity index (χ3v) is 3.60. The maximum Gasteiger partial charge on any atom is 0.416 e. The second-order valence-electron chi connectivity index (χ2n) is 5.32. The van der Waals surface area contributed by atoms with Crippen molar-refractivity contribution in [2.75, 3.05) is 18.8 Å². The van der Waals surface area contributed by atoms with Crippen molar-refractivity contribution in [3.05, 3.63) is 29.3 Å². The minimum atomic E-state index is -4.50. The Kier molecular flexibility index (Phi) is 3.92. The van der Waals surface area contributed by atoms with Gasteiger partial charge in [-0.3, -0.25) is 4.79 Å². The number of rotatable bonds is 1. The molecule has 1 heterocycles. The van der Waals surface area contributed by atoms with Gasteiger partial charge in [-0.25, -0.2) is 0 Å². The van der Waals surface area contributed by atoms with E-state index >= 15 is 0 Å². The summed E-state index contributed by atoms with van der Waals surface area (Å²) in [5, 5.41) is 0. The van der Waals surface area contributed by atoms with Gasteiger partial charge in [-0.15, -0.1) is 0 Å². The van der Waals surface area contributed by atoms with Crippen molar-refractivity contribution < 1.29 is 18.0 Å². The zero-order valence-corrected chi connectivity index (χ0v) is 11.2. The number of carbonyl (C=O) groups excluding carboxylic acids is 1. The predicted octanol–water partition coefficient (Wildman–Crippen LogP) is 3.16. The number of likely N-dealkylation sites (tertiary alicyclic amines) is 1. The second kappa shape index (κ2) is 5.34. The van der Waals surface area contributed by atoms with E-state index in [2.05, 4.69) is 6.92 Å². The SMILES string of the molecule is CC1CCN(C(=O)c2cc(N)cc(C(F)(F)F)c2)CC1. The van der Waals surface area contributed by atoms with Crippen LogP contribution in [0.25, 0.3) is 0 Å². The fourth-order valence-corrected chi connectivity index (χ4v) is 2.33. The summed E-state index contributed by atoms with van der Waals surface area (Å²) in [6.07, 6.45) is -2.75. The van der Waals surface area contributed by atoms with Gasteiger partial charge in [0.1, 0.15) is 0 Å². The van der Waals surface area contributed by atoms with Gasteiger partial charge in [0.05, 0.1) is 5.56 Å². The normalized spacial score (nSPS) is 17.3. The highest BCUT2D eigenvalue weighted by Crippen LogP contribution is 2.31. The quantitative estimate of drug-likeness (QED) is 0.806. The van der Waals surface area contributed by atoms with E-state index in [1.54, 1.807) is 4.90 Å². The monoisotopic (exact) mass is 286 g/mol. The van der Waals surface area contributed by atoms with Gasteiger partial charge in [0.2, 0.25) is 0 Å². The highest BCUT2D eigenvalue weighted by atomic mass is 19.4. The van der Waals surface area contributed by atoms with E-state index in [-0.39, 0.29) is 17.2 Å². The van der Waals surface area contributed by atoms with Crippen LogP contribution in [0.15, 0.2) is 18.2 Å². The first-order chi connectivity index (χ1) is 9.27. The minimum Gasteiger partial charge on any atom is -0.399 e. The summed E-state index contributed by atoms with van der Waals surface area (Å²) in [6.45, 7) is 3.26. The van der Waals surface area contributed by atoms with Crippen molar-refractivity contribution >= 4 is 11.6 Å². The Hall–Kier alpha value is -1.72. The summed E-state index contributed by atoms with van der Waals surface area (Å²) < 4.78 is 38.2. The Balaban J connectivity index is 2.24. The van der Waals surface area contributed by atoms with Gasteiger partial charge >= 0.3 is 6.18 Å². The van der Waals surface area contributed by atoms with Crippen molar-refractivity contribution in [1.82, 2.24) is 4.90 Å². The zero-order chi connectivity index (χ0) is 14.9. The summed E-state index contributed by atoms with van der Waals surface area (Å²) >= 11 is 0. The van der Waals surface area contributed by atoms with E-state index in [1.165, 1.54) is 6.07 Å². The second-order valence-corrected chi connectivity index (χ2v) is 5.32. The van der Waals surface area contributed by atoms with Crippen molar-refractivity contribution in [2.24, 2.45) is 5.92 Å². The molecule has 0 spiro atoms. The van der Waals surface area contributed by atoms with E-state index in [9.17, 15) is 18.0 Å². The molecule has 2 rings (SSSR count). The van der Waals surface area contributed by atoms with E-state index in [0.717, 1.165) is 25.0 Å². The van der Waals surface area contributed by atoms with Gasteiger partial charge in [-0.1, -0.05) is 6.92 Å². The number of nitrogens with two attached hydrogens (primary N) is 1. The molecular formula is C14H17F3N2O. The van der Waals surface area contributed by atoms with E-state index in [4.69, 9.17) is 5.73 Å². The molecule has 1 saturated heterocycles. The number of hydrogen-bond donors (Lipinski definition) is 1. The molecule has 2 N–H and O–H groups in total. The lowest BCUT2D eigenvalue weighted by Crippen LogP contribution is -2.38. The fraction of sp³-hybridized carbons (Fsp3) is 0.500. The third-order valence-electron chi connectivity index (χ3n) is 3.60. The Labute approximate surface area is 115 Å². The molecule has 1 amide bonds. The average Bonchev–Trinajstić information content (AvgIpc) is 2.37. The molecule has 110 valence electrons. The first-order valence-electron chi connectivity index (χ1n) is 6.54. The molecule has 1 fully saturated rings. The van der Waals surface area contributed by atoms with Crippen LogP contribution in [-0.4, -0.2) is 23.9 Å². The molecular weight excluding hydrogens is 269 g/mol. The number of amides is 1. The number of hydrogen-bond acceptors (Lipinski definition) is 2. The van der Waals surface area contributed by atoms with Crippen molar-refractivity contribution in [1.29, 1.82) is 0 Å². The summed E-state index contributed by atoms with van der Waals surface area (Å²) in [4.78, 5) is 13.8. The summed E-state index contributed by atoms with van der Waals surface area (Å²) in [5.41, 5.74) is 4.55. The van der Waals surface area contributed by atoms with Crippen LogP contribution in [0.3, 0.4) is 0 Å². The van der Waals surface area contributed by atoms with Crippen LogP contribution < -0.4 is 5.73 Å². The molecule has 3 nitrogen and oxygen atoms in total. The molecule has 1 aliphatic rings. The van der Waals surface area contributed by atoms with Crippen LogP contribution in [0.5, 0.6) is 0 Å². The Bertz CT molecular complexity index is 506. The maximum absolute atomic E-state index is 12.7. The Morgan fingerprint density at radius 3 is 2.40 bits per heavy atom. The zero-order valence-electron chi connectivity index (χ0n) is 11.2. The van der Waals surface area contributed by atoms with Gasteiger partial charge in [-0.05, 0) is 37.0 Å². The number of anilines is 1. The number of benzene rings is 1. The smallest absolute Gasteiger partial charge is 0.399 e. The number of nitrogens with zero attached hydrogens (tertiary/aromatic N) is 1. The molecule has 1 aliphatic heterocycles.